The van der Waals surface area contributed by atoms with Gasteiger partial charge in [-0.1, -0.05) is 31.9 Å². The van der Waals surface area contributed by atoms with Crippen molar-refractivity contribution in [2.45, 2.75) is 26.2 Å². The molecule has 1 saturated heterocycles. The normalized spacial score (nSPS) is 15.5. The number of anilines is 1. The number of ether oxygens (including phenoxy) is 1. The summed E-state index contributed by atoms with van der Waals surface area (Å²) in [5.41, 5.74) is 2.23. The average Bonchev–Trinajstić information content (AvgIpc) is 2.60. The summed E-state index contributed by atoms with van der Waals surface area (Å²) in [5.74, 6) is 1.01. The Balaban J connectivity index is 2.22. The van der Waals surface area contributed by atoms with Crippen LogP contribution in [0.4, 0.5) is 11.4 Å². The quantitative estimate of drug-likeness (QED) is 0.455. The van der Waals surface area contributed by atoms with Crippen LogP contribution < -0.4 is 4.90 Å². The summed E-state index contributed by atoms with van der Waals surface area (Å²) in [6.45, 7) is 6.70. The lowest BCUT2D eigenvalue weighted by Gasteiger charge is -2.31. The molecule has 5 nitrogen and oxygen atoms in total. The summed E-state index contributed by atoms with van der Waals surface area (Å²) in [5, 5.41) is 0. The number of hydrogen-bond acceptors (Lipinski definition) is 3. The second-order valence-corrected chi connectivity index (χ2v) is 6.52. The van der Waals surface area contributed by atoms with Gasteiger partial charge in [-0.05, 0) is 18.6 Å². The van der Waals surface area contributed by atoms with Gasteiger partial charge in [0.25, 0.3) is 0 Å². The molecule has 0 atom stereocenters. The first-order chi connectivity index (χ1) is 11.6. The van der Waals surface area contributed by atoms with Crippen LogP contribution in [0.25, 0.3) is 0 Å². The summed E-state index contributed by atoms with van der Waals surface area (Å²) in [6, 6.07) is 8.42. The summed E-state index contributed by atoms with van der Waals surface area (Å²) in [6.07, 6.45) is 3.70. The highest BCUT2D eigenvalue weighted by Crippen LogP contribution is 2.29. The molecule has 1 aromatic carbocycles. The minimum absolute atomic E-state index is 0.787. The number of para-hydroxylation sites is 2. The topological polar surface area (TPSA) is 31.3 Å². The molecule has 0 spiro atoms. The first-order valence-electron chi connectivity index (χ1n) is 9.02. The molecule has 0 aromatic heterocycles. The Morgan fingerprint density at radius 1 is 1.12 bits per heavy atom. The molecule has 0 amide bonds. The Bertz CT molecular complexity index is 524. The third-order valence-electron chi connectivity index (χ3n) is 4.29. The Kier molecular flexibility index (Phi) is 7.37. The van der Waals surface area contributed by atoms with Crippen molar-refractivity contribution in [3.8, 4) is 0 Å². The van der Waals surface area contributed by atoms with E-state index in [1.165, 1.54) is 24.9 Å². The van der Waals surface area contributed by atoms with Gasteiger partial charge in [0.2, 0.25) is 5.96 Å². The van der Waals surface area contributed by atoms with Gasteiger partial charge in [0.1, 0.15) is 0 Å². The third kappa shape index (κ3) is 5.13. The fourth-order valence-corrected chi connectivity index (χ4v) is 2.96. The smallest absolute Gasteiger partial charge is 0.201 e. The standard InChI is InChI=1S/C19H32N4O/c1-5-6-9-12-22(4)19(21(2)3)20-17-10-7-8-11-18(17)23-13-15-24-16-14-23/h7-8,10-11H,5-6,9,12-16H2,1-4H3/b20-19-. The van der Waals surface area contributed by atoms with Crippen LogP contribution in [0.15, 0.2) is 29.3 Å². The highest BCUT2D eigenvalue weighted by molar-refractivity contribution is 5.85. The van der Waals surface area contributed by atoms with Crippen LogP contribution in [0.3, 0.4) is 0 Å². The van der Waals surface area contributed by atoms with E-state index in [1.54, 1.807) is 0 Å². The molecule has 2 rings (SSSR count). The number of benzene rings is 1. The number of guanidine groups is 1. The van der Waals surface area contributed by atoms with E-state index in [4.69, 9.17) is 9.73 Å². The Morgan fingerprint density at radius 3 is 2.50 bits per heavy atom. The summed E-state index contributed by atoms with van der Waals surface area (Å²) < 4.78 is 5.48. The van der Waals surface area contributed by atoms with Gasteiger partial charge in [-0.25, -0.2) is 4.99 Å². The first kappa shape index (κ1) is 18.6. The molecule has 0 unspecified atom stereocenters. The maximum Gasteiger partial charge on any atom is 0.201 e. The number of morpholine rings is 1. The Labute approximate surface area is 146 Å². The van der Waals surface area contributed by atoms with Crippen LogP contribution in [0.1, 0.15) is 26.2 Å². The van der Waals surface area contributed by atoms with Crippen LogP contribution in [0, 0.1) is 0 Å². The molecule has 5 heteroatoms. The van der Waals surface area contributed by atoms with Crippen LogP contribution in [0.2, 0.25) is 0 Å². The van der Waals surface area contributed by atoms with Gasteiger partial charge in [0.05, 0.1) is 24.6 Å². The van der Waals surface area contributed by atoms with Crippen LogP contribution in [0.5, 0.6) is 0 Å². The van der Waals surface area contributed by atoms with Crippen molar-refractivity contribution < 1.29 is 4.74 Å². The van der Waals surface area contributed by atoms with Gasteiger partial charge in [0.15, 0.2) is 0 Å². The molecule has 0 saturated carbocycles. The van der Waals surface area contributed by atoms with Crippen molar-refractivity contribution in [3.63, 3.8) is 0 Å². The average molecular weight is 332 g/mol. The number of aliphatic imine (C=N–C) groups is 1. The maximum atomic E-state index is 5.48. The Hall–Kier alpha value is -1.75. The largest absolute Gasteiger partial charge is 0.378 e. The SMILES string of the molecule is CCCCCN(C)/C(=N\c1ccccc1N1CCOCC1)N(C)C. The van der Waals surface area contributed by atoms with Gasteiger partial charge in [0, 0.05) is 40.8 Å². The van der Waals surface area contributed by atoms with Gasteiger partial charge in [-0.15, -0.1) is 0 Å². The van der Waals surface area contributed by atoms with E-state index in [-0.39, 0.29) is 0 Å². The number of hydrogen-bond donors (Lipinski definition) is 0. The first-order valence-corrected chi connectivity index (χ1v) is 9.02. The molecule has 0 aliphatic carbocycles. The molecule has 1 aliphatic heterocycles. The third-order valence-corrected chi connectivity index (χ3v) is 4.29. The molecule has 1 fully saturated rings. The lowest BCUT2D eigenvalue weighted by Crippen LogP contribution is -2.39. The summed E-state index contributed by atoms with van der Waals surface area (Å²) in [4.78, 5) is 11.7. The second kappa shape index (κ2) is 9.52. The van der Waals surface area contributed by atoms with Crippen molar-refractivity contribution >= 4 is 17.3 Å². The molecule has 1 aromatic rings. The minimum Gasteiger partial charge on any atom is -0.378 e. The maximum absolute atomic E-state index is 5.48. The highest BCUT2D eigenvalue weighted by Gasteiger charge is 2.16. The fourth-order valence-electron chi connectivity index (χ4n) is 2.96. The molecule has 0 radical (unpaired) electrons. The Morgan fingerprint density at radius 2 is 1.83 bits per heavy atom. The van der Waals surface area contributed by atoms with Gasteiger partial charge in [-0.2, -0.15) is 0 Å². The molecule has 24 heavy (non-hydrogen) atoms. The van der Waals surface area contributed by atoms with Crippen molar-refractivity contribution in [1.29, 1.82) is 0 Å². The molecular formula is C19H32N4O. The molecular weight excluding hydrogens is 300 g/mol. The molecule has 0 N–H and O–H groups in total. The van der Waals surface area contributed by atoms with Crippen molar-refractivity contribution in [3.05, 3.63) is 24.3 Å². The predicted molar refractivity (Wildman–Crippen MR) is 102 cm³/mol. The molecule has 1 aliphatic rings. The number of nitrogens with zero attached hydrogens (tertiary/aromatic N) is 4. The predicted octanol–water partition coefficient (Wildman–Crippen LogP) is 3.19. The van der Waals surface area contributed by atoms with Crippen LogP contribution >= 0.6 is 0 Å². The van der Waals surface area contributed by atoms with Crippen molar-refractivity contribution in [2.24, 2.45) is 4.99 Å². The van der Waals surface area contributed by atoms with Crippen molar-refractivity contribution in [2.75, 3.05) is 58.9 Å². The van der Waals surface area contributed by atoms with Crippen LogP contribution in [-0.2, 0) is 4.74 Å². The van der Waals surface area contributed by atoms with E-state index in [9.17, 15) is 0 Å². The van der Waals surface area contributed by atoms with E-state index in [0.29, 0.717) is 0 Å². The van der Waals surface area contributed by atoms with Gasteiger partial charge in [-0.3, -0.25) is 0 Å². The van der Waals surface area contributed by atoms with Gasteiger partial charge >= 0.3 is 0 Å². The monoisotopic (exact) mass is 332 g/mol. The van der Waals surface area contributed by atoms with E-state index in [0.717, 1.165) is 44.5 Å². The summed E-state index contributed by atoms with van der Waals surface area (Å²) in [7, 11) is 6.25. The lowest BCUT2D eigenvalue weighted by atomic mass is 10.2. The number of unbranched alkanes of at least 4 members (excludes halogenated alkanes) is 2. The zero-order valence-electron chi connectivity index (χ0n) is 15.7. The molecule has 0 bridgehead atoms. The second-order valence-electron chi connectivity index (χ2n) is 6.52. The van der Waals surface area contributed by atoms with Crippen LogP contribution in [-0.4, -0.2) is 69.8 Å². The summed E-state index contributed by atoms with van der Waals surface area (Å²) >= 11 is 0. The van der Waals surface area contributed by atoms with E-state index in [1.807, 2.05) is 0 Å². The van der Waals surface area contributed by atoms with Crippen molar-refractivity contribution in [1.82, 2.24) is 9.80 Å². The zero-order chi connectivity index (χ0) is 17.4. The minimum atomic E-state index is 0.787. The molecule has 134 valence electrons. The van der Waals surface area contributed by atoms with E-state index in [2.05, 4.69) is 67.0 Å². The molecule has 1 heterocycles. The van der Waals surface area contributed by atoms with E-state index < -0.39 is 0 Å². The van der Waals surface area contributed by atoms with Gasteiger partial charge < -0.3 is 19.4 Å². The fraction of sp³-hybridized carbons (Fsp3) is 0.632. The lowest BCUT2D eigenvalue weighted by molar-refractivity contribution is 0.123. The number of rotatable bonds is 6. The zero-order valence-corrected chi connectivity index (χ0v) is 15.7. The van der Waals surface area contributed by atoms with E-state index >= 15 is 0 Å². The highest BCUT2D eigenvalue weighted by atomic mass is 16.5.